The largest absolute Gasteiger partial charge is 0.418 e. The molecule has 4 atom stereocenters. The van der Waals surface area contributed by atoms with Crippen molar-refractivity contribution in [3.63, 3.8) is 0 Å². The van der Waals surface area contributed by atoms with Crippen LogP contribution in [0.1, 0.15) is 6.42 Å². The number of hydrogen-bond donors (Lipinski definition) is 3. The first kappa shape index (κ1) is 17.8. The number of amides is 3. The Hall–Kier alpha value is -1.61. The van der Waals surface area contributed by atoms with Crippen molar-refractivity contribution in [2.45, 2.75) is 30.5 Å². The number of nitrogens with zero attached hydrogens (tertiary/aromatic N) is 2. The van der Waals surface area contributed by atoms with Gasteiger partial charge < -0.3 is 10.2 Å². The van der Waals surface area contributed by atoms with Gasteiger partial charge in [0, 0.05) is 31.3 Å². The Morgan fingerprint density at radius 2 is 2.00 bits per heavy atom. The van der Waals surface area contributed by atoms with Gasteiger partial charge in [0.2, 0.25) is 0 Å². The lowest BCUT2D eigenvalue weighted by molar-refractivity contribution is -0.160. The molecule has 4 aliphatic rings. The van der Waals surface area contributed by atoms with Crippen LogP contribution in [0.4, 0.5) is 13.6 Å². The summed E-state index contributed by atoms with van der Waals surface area (Å²) in [7, 11) is -5.18. The van der Waals surface area contributed by atoms with Gasteiger partial charge in [-0.25, -0.2) is 19.1 Å². The summed E-state index contributed by atoms with van der Waals surface area (Å²) in [4.78, 5) is 30.4. The van der Waals surface area contributed by atoms with Crippen molar-refractivity contribution in [2.75, 3.05) is 19.6 Å². The summed E-state index contributed by atoms with van der Waals surface area (Å²) < 4.78 is 62.8. The first-order chi connectivity index (χ1) is 12.1. The van der Waals surface area contributed by atoms with Gasteiger partial charge in [0.25, 0.3) is 11.8 Å². The molecule has 11 nitrogen and oxygen atoms in total. The van der Waals surface area contributed by atoms with E-state index in [9.17, 15) is 26.8 Å². The van der Waals surface area contributed by atoms with Gasteiger partial charge in [-0.15, -0.1) is 4.28 Å². The second kappa shape index (κ2) is 5.69. The summed E-state index contributed by atoms with van der Waals surface area (Å²) in [6.45, 7) is 0.875. The Balaban J connectivity index is 1.44. The van der Waals surface area contributed by atoms with Gasteiger partial charge >= 0.3 is 16.4 Å². The highest BCUT2D eigenvalue weighted by molar-refractivity contribution is 7.80. The average Bonchev–Trinajstić information content (AvgIpc) is 2.87. The molecular weight excluding hydrogens is 382 g/mol. The van der Waals surface area contributed by atoms with Crippen LogP contribution >= 0.6 is 0 Å². The third kappa shape index (κ3) is 2.90. The minimum Gasteiger partial charge on any atom is -0.316 e. The Morgan fingerprint density at radius 1 is 1.35 bits per heavy atom. The molecule has 14 heteroatoms. The molecule has 1 aliphatic carbocycles. The topological polar surface area (TPSA) is 138 Å². The Labute approximate surface area is 146 Å². The van der Waals surface area contributed by atoms with Crippen molar-refractivity contribution < 1.29 is 40.5 Å². The Bertz CT molecular complexity index is 740. The zero-order chi connectivity index (χ0) is 18.9. The van der Waals surface area contributed by atoms with Gasteiger partial charge in [0.15, 0.2) is 0 Å². The molecule has 2 unspecified atom stereocenters. The number of nitrogens with one attached hydrogen (secondary N) is 2. The van der Waals surface area contributed by atoms with E-state index in [1.807, 2.05) is 0 Å². The lowest BCUT2D eigenvalue weighted by Gasteiger charge is -2.34. The molecule has 3 amide bonds. The SMILES string of the molecule is O=C(NOC1C2CNCC21)[C@@H]1CC(F)(F)[C@@H]2CN1C(=O)N2OS(=O)(=O)O. The lowest BCUT2D eigenvalue weighted by atomic mass is 9.96. The second-order valence-electron chi connectivity index (χ2n) is 6.79. The molecule has 3 heterocycles. The number of hydrogen-bond acceptors (Lipinski definition) is 7. The van der Waals surface area contributed by atoms with E-state index < -0.39 is 53.3 Å². The Morgan fingerprint density at radius 3 is 2.62 bits per heavy atom. The fourth-order valence-electron chi connectivity index (χ4n) is 3.82. The number of hydroxylamine groups is 3. The zero-order valence-corrected chi connectivity index (χ0v) is 14.0. The normalized spacial score (nSPS) is 37.7. The number of halogens is 2. The first-order valence-corrected chi connectivity index (χ1v) is 9.26. The third-order valence-corrected chi connectivity index (χ3v) is 5.55. The summed E-state index contributed by atoms with van der Waals surface area (Å²) in [5.41, 5.74) is 2.13. The van der Waals surface area contributed by atoms with Crippen LogP contribution in [0.25, 0.3) is 0 Å². The summed E-state index contributed by atoms with van der Waals surface area (Å²) in [5, 5.41) is 3.02. The van der Waals surface area contributed by atoms with Crippen LogP contribution in [-0.4, -0.2) is 78.6 Å². The minimum atomic E-state index is -5.18. The molecule has 0 aromatic heterocycles. The summed E-state index contributed by atoms with van der Waals surface area (Å²) in [6.07, 6.45) is -1.21. The maximum absolute atomic E-state index is 14.3. The monoisotopic (exact) mass is 398 g/mol. The molecule has 26 heavy (non-hydrogen) atoms. The highest BCUT2D eigenvalue weighted by atomic mass is 32.3. The number of carbonyl (C=O) groups is 2. The van der Waals surface area contributed by atoms with E-state index in [0.29, 0.717) is 0 Å². The van der Waals surface area contributed by atoms with E-state index >= 15 is 0 Å². The highest BCUT2D eigenvalue weighted by Crippen LogP contribution is 2.44. The summed E-state index contributed by atoms with van der Waals surface area (Å²) in [5.74, 6) is -4.00. The fraction of sp³-hybridized carbons (Fsp3) is 0.833. The van der Waals surface area contributed by atoms with Crippen molar-refractivity contribution in [1.29, 1.82) is 0 Å². The molecule has 3 aliphatic heterocycles. The molecule has 0 aromatic carbocycles. The van der Waals surface area contributed by atoms with Crippen LogP contribution in [0.15, 0.2) is 0 Å². The zero-order valence-electron chi connectivity index (χ0n) is 13.2. The number of piperidine rings is 2. The molecular formula is C12H16F2N4O7S. The van der Waals surface area contributed by atoms with Crippen molar-refractivity contribution in [2.24, 2.45) is 11.8 Å². The number of urea groups is 1. The standard InChI is InChI=1S/C12H16F2N4O7S/c13-12(14)1-7(10(19)16-24-9-5-2-15-3-6(5)9)17-4-8(12)18(11(17)20)25-26(21,22)23/h5-9,15H,1-4H2,(H,16,19)(H,21,22,23)/t5?,6?,7-,8-,9?/m0/s1. The molecule has 3 saturated heterocycles. The molecule has 0 spiro atoms. The smallest absolute Gasteiger partial charge is 0.316 e. The quantitative estimate of drug-likeness (QED) is 0.376. The van der Waals surface area contributed by atoms with Gasteiger partial charge in [-0.1, -0.05) is 0 Å². The van der Waals surface area contributed by atoms with E-state index in [1.165, 1.54) is 0 Å². The van der Waals surface area contributed by atoms with Crippen LogP contribution in [-0.2, 0) is 24.3 Å². The lowest BCUT2D eigenvalue weighted by Crippen LogP contribution is -2.56. The van der Waals surface area contributed by atoms with Crippen molar-refractivity contribution >= 4 is 22.3 Å². The summed E-state index contributed by atoms with van der Waals surface area (Å²) >= 11 is 0. The minimum absolute atomic E-state index is 0.111. The summed E-state index contributed by atoms with van der Waals surface area (Å²) in [6, 6.07) is -4.74. The molecule has 0 radical (unpaired) electrons. The van der Waals surface area contributed by atoms with E-state index in [1.54, 1.807) is 0 Å². The number of rotatable bonds is 5. The van der Waals surface area contributed by atoms with Gasteiger partial charge in [0.1, 0.15) is 12.1 Å². The highest BCUT2D eigenvalue weighted by Gasteiger charge is 2.62. The number of alkyl halides is 2. The predicted octanol–water partition coefficient (Wildman–Crippen LogP) is -1.50. The number of fused-ring (bicyclic) bond motifs is 3. The van der Waals surface area contributed by atoms with Crippen LogP contribution in [0, 0.1) is 11.8 Å². The molecule has 2 bridgehead atoms. The third-order valence-electron chi connectivity index (χ3n) is 5.20. The molecule has 3 N–H and O–H groups in total. The van der Waals surface area contributed by atoms with Gasteiger partial charge in [-0.05, 0) is 0 Å². The van der Waals surface area contributed by atoms with Crippen LogP contribution < -0.4 is 10.8 Å². The van der Waals surface area contributed by atoms with E-state index in [2.05, 4.69) is 15.1 Å². The molecule has 146 valence electrons. The molecule has 4 rings (SSSR count). The van der Waals surface area contributed by atoms with Crippen LogP contribution in [0.3, 0.4) is 0 Å². The van der Waals surface area contributed by atoms with Gasteiger partial charge in [-0.2, -0.15) is 13.5 Å². The van der Waals surface area contributed by atoms with Gasteiger partial charge in [-0.3, -0.25) is 14.2 Å². The second-order valence-corrected chi connectivity index (χ2v) is 7.80. The maximum atomic E-state index is 14.3. The van der Waals surface area contributed by atoms with Crippen molar-refractivity contribution in [1.82, 2.24) is 20.8 Å². The number of carbonyl (C=O) groups excluding carboxylic acids is 2. The van der Waals surface area contributed by atoms with Gasteiger partial charge in [0.05, 0.1) is 12.6 Å². The average molecular weight is 398 g/mol. The van der Waals surface area contributed by atoms with E-state index in [-0.39, 0.29) is 23.0 Å². The first-order valence-electron chi connectivity index (χ1n) is 7.89. The molecule has 1 saturated carbocycles. The van der Waals surface area contributed by atoms with Crippen LogP contribution in [0.5, 0.6) is 0 Å². The molecule has 0 aromatic rings. The fourth-order valence-corrected chi connectivity index (χ4v) is 4.19. The van der Waals surface area contributed by atoms with Crippen molar-refractivity contribution in [3.05, 3.63) is 0 Å². The van der Waals surface area contributed by atoms with Crippen LogP contribution in [0.2, 0.25) is 0 Å². The van der Waals surface area contributed by atoms with E-state index in [0.717, 1.165) is 18.0 Å². The molecule has 4 fully saturated rings. The van der Waals surface area contributed by atoms with E-state index in [4.69, 9.17) is 9.39 Å². The van der Waals surface area contributed by atoms with Crippen molar-refractivity contribution in [3.8, 4) is 0 Å². The predicted molar refractivity (Wildman–Crippen MR) is 76.6 cm³/mol. The maximum Gasteiger partial charge on any atom is 0.418 e. The Kier molecular flexibility index (Phi) is 3.89.